The van der Waals surface area contributed by atoms with E-state index in [0.717, 1.165) is 25.7 Å². The summed E-state index contributed by atoms with van der Waals surface area (Å²) in [5.74, 6) is -0.257. The van der Waals surface area contributed by atoms with E-state index in [2.05, 4.69) is 0 Å². The summed E-state index contributed by atoms with van der Waals surface area (Å²) in [6.07, 6.45) is 1.77. The van der Waals surface area contributed by atoms with Crippen LogP contribution in [0.15, 0.2) is 50.4 Å². The number of carbonyl (C=O) groups excluding carboxylic acids is 2. The Balaban J connectivity index is 1.70. The molecular weight excluding hydrogens is 398 g/mol. The molecule has 2 aromatic rings. The Morgan fingerprint density at radius 3 is 2.68 bits per heavy atom. The molecule has 8 heteroatoms. The third kappa shape index (κ3) is 4.68. The highest BCUT2D eigenvalue weighted by Gasteiger charge is 2.34. The first-order valence-corrected chi connectivity index (χ1v) is 10.2. The average Bonchev–Trinajstić information content (AvgIpc) is 3.13. The van der Waals surface area contributed by atoms with Gasteiger partial charge in [-0.1, -0.05) is 23.4 Å². The summed E-state index contributed by atoms with van der Waals surface area (Å²) in [7, 11) is 1.54. The standard InChI is InChI=1S/C17H14ClNO3S3/c1-22-9-8-19-16(20)14(25-17(19)21)10-13-6-7-15(24-13)23-12-4-2-11(18)3-5-12/h2-7,10H,8-9H2,1H3/b14-10+. The van der Waals surface area contributed by atoms with Crippen molar-refractivity contribution in [3.05, 3.63) is 51.2 Å². The number of ether oxygens (including phenoxy) is 1. The van der Waals surface area contributed by atoms with E-state index in [1.54, 1.807) is 36.3 Å². The van der Waals surface area contributed by atoms with Crippen LogP contribution >= 0.6 is 46.5 Å². The van der Waals surface area contributed by atoms with Crippen molar-refractivity contribution in [1.82, 2.24) is 4.90 Å². The summed E-state index contributed by atoms with van der Waals surface area (Å²) in [6.45, 7) is 0.618. The van der Waals surface area contributed by atoms with Crippen LogP contribution in [0.5, 0.6) is 0 Å². The maximum atomic E-state index is 12.3. The summed E-state index contributed by atoms with van der Waals surface area (Å²) >= 11 is 10.1. The Morgan fingerprint density at radius 1 is 1.20 bits per heavy atom. The number of methoxy groups -OCH3 is 1. The van der Waals surface area contributed by atoms with E-state index in [-0.39, 0.29) is 17.7 Å². The van der Waals surface area contributed by atoms with Crippen LogP contribution in [0.25, 0.3) is 6.08 Å². The minimum absolute atomic E-state index is 0.249. The molecule has 0 aliphatic carbocycles. The van der Waals surface area contributed by atoms with Crippen molar-refractivity contribution in [2.45, 2.75) is 9.10 Å². The van der Waals surface area contributed by atoms with Crippen LogP contribution in [0.2, 0.25) is 5.02 Å². The highest BCUT2D eigenvalue weighted by molar-refractivity contribution is 8.18. The van der Waals surface area contributed by atoms with Gasteiger partial charge in [0.05, 0.1) is 22.3 Å². The summed E-state index contributed by atoms with van der Waals surface area (Å²) in [5.41, 5.74) is 0. The molecule has 0 spiro atoms. The molecule has 0 N–H and O–H groups in total. The fourth-order valence-electron chi connectivity index (χ4n) is 2.09. The number of rotatable bonds is 6. The minimum atomic E-state index is -0.257. The van der Waals surface area contributed by atoms with E-state index >= 15 is 0 Å². The Bertz CT molecular complexity index is 817. The van der Waals surface area contributed by atoms with Gasteiger partial charge in [0, 0.05) is 21.9 Å². The van der Waals surface area contributed by atoms with Crippen molar-refractivity contribution in [3.8, 4) is 0 Å². The number of halogens is 1. The van der Waals surface area contributed by atoms with Crippen molar-refractivity contribution in [1.29, 1.82) is 0 Å². The molecule has 0 atom stereocenters. The highest BCUT2D eigenvalue weighted by Crippen LogP contribution is 2.37. The molecule has 0 saturated carbocycles. The first kappa shape index (κ1) is 18.5. The van der Waals surface area contributed by atoms with E-state index < -0.39 is 0 Å². The van der Waals surface area contributed by atoms with Gasteiger partial charge in [0.15, 0.2) is 0 Å². The molecule has 0 radical (unpaired) electrons. The molecule has 130 valence electrons. The molecule has 1 aromatic heterocycles. The molecule has 1 aromatic carbocycles. The van der Waals surface area contributed by atoms with Gasteiger partial charge in [0.1, 0.15) is 0 Å². The number of carbonyl (C=O) groups is 2. The van der Waals surface area contributed by atoms with E-state index in [4.69, 9.17) is 16.3 Å². The monoisotopic (exact) mass is 411 g/mol. The number of amides is 2. The lowest BCUT2D eigenvalue weighted by Crippen LogP contribution is -2.31. The molecule has 4 nitrogen and oxygen atoms in total. The summed E-state index contributed by atoms with van der Waals surface area (Å²) < 4.78 is 6.04. The molecule has 3 rings (SSSR count). The normalized spacial score (nSPS) is 16.2. The van der Waals surface area contributed by atoms with Crippen molar-refractivity contribution in [3.63, 3.8) is 0 Å². The van der Waals surface area contributed by atoms with Crippen LogP contribution in [0.4, 0.5) is 4.79 Å². The van der Waals surface area contributed by atoms with Gasteiger partial charge in [-0.25, -0.2) is 0 Å². The zero-order chi connectivity index (χ0) is 17.8. The van der Waals surface area contributed by atoms with Crippen LogP contribution in [-0.2, 0) is 9.53 Å². The second-order valence-electron chi connectivity index (χ2n) is 5.04. The lowest BCUT2D eigenvalue weighted by molar-refractivity contribution is -0.123. The number of benzene rings is 1. The smallest absolute Gasteiger partial charge is 0.293 e. The van der Waals surface area contributed by atoms with E-state index in [1.807, 2.05) is 36.4 Å². The second kappa shape index (κ2) is 8.42. The van der Waals surface area contributed by atoms with Crippen molar-refractivity contribution >= 4 is 63.7 Å². The maximum absolute atomic E-state index is 12.3. The first-order valence-electron chi connectivity index (χ1n) is 7.34. The molecule has 2 heterocycles. The van der Waals surface area contributed by atoms with Crippen LogP contribution in [0, 0.1) is 0 Å². The molecule has 1 aliphatic rings. The number of nitrogens with zero attached hydrogens (tertiary/aromatic N) is 1. The lowest BCUT2D eigenvalue weighted by atomic mass is 10.4. The maximum Gasteiger partial charge on any atom is 0.293 e. The first-order chi connectivity index (χ1) is 12.1. The molecule has 25 heavy (non-hydrogen) atoms. The fraction of sp³-hybridized carbons (Fsp3) is 0.176. The van der Waals surface area contributed by atoms with E-state index in [1.165, 1.54) is 4.90 Å². The third-order valence-electron chi connectivity index (χ3n) is 3.30. The van der Waals surface area contributed by atoms with Crippen LogP contribution in [0.3, 0.4) is 0 Å². The predicted octanol–water partition coefficient (Wildman–Crippen LogP) is 5.24. The minimum Gasteiger partial charge on any atom is -0.383 e. The number of thiophene rings is 1. The topological polar surface area (TPSA) is 46.6 Å². The predicted molar refractivity (Wildman–Crippen MR) is 104 cm³/mol. The van der Waals surface area contributed by atoms with Gasteiger partial charge in [-0.3, -0.25) is 14.5 Å². The zero-order valence-electron chi connectivity index (χ0n) is 13.2. The Hall–Kier alpha value is -1.25. The van der Waals surface area contributed by atoms with Gasteiger partial charge < -0.3 is 4.74 Å². The number of hydrogen-bond donors (Lipinski definition) is 0. The molecule has 1 aliphatic heterocycles. The zero-order valence-corrected chi connectivity index (χ0v) is 16.4. The quantitative estimate of drug-likeness (QED) is 0.608. The summed E-state index contributed by atoms with van der Waals surface area (Å²) in [5, 5.41) is 0.459. The van der Waals surface area contributed by atoms with Gasteiger partial charge in [-0.15, -0.1) is 11.3 Å². The van der Waals surface area contributed by atoms with E-state index in [0.29, 0.717) is 16.5 Å². The highest BCUT2D eigenvalue weighted by atomic mass is 35.5. The lowest BCUT2D eigenvalue weighted by Gasteiger charge is -2.10. The largest absolute Gasteiger partial charge is 0.383 e. The van der Waals surface area contributed by atoms with Crippen molar-refractivity contribution in [2.75, 3.05) is 20.3 Å². The average molecular weight is 412 g/mol. The number of imide groups is 1. The van der Waals surface area contributed by atoms with Crippen molar-refractivity contribution < 1.29 is 14.3 Å². The number of thioether (sulfide) groups is 1. The molecular formula is C17H14ClNO3S3. The van der Waals surface area contributed by atoms with Gasteiger partial charge in [0.2, 0.25) is 0 Å². The molecule has 2 amide bonds. The van der Waals surface area contributed by atoms with Gasteiger partial charge in [-0.05, 0) is 54.2 Å². The SMILES string of the molecule is COCCN1C(=O)S/C(=C/c2ccc(Sc3ccc(Cl)cc3)s2)C1=O. The van der Waals surface area contributed by atoms with Crippen LogP contribution < -0.4 is 0 Å². The fourth-order valence-corrected chi connectivity index (χ4v) is 5.21. The second-order valence-corrected chi connectivity index (χ2v) is 8.96. The van der Waals surface area contributed by atoms with E-state index in [9.17, 15) is 9.59 Å². The molecule has 1 saturated heterocycles. The van der Waals surface area contributed by atoms with Crippen LogP contribution in [-0.4, -0.2) is 36.3 Å². The van der Waals surface area contributed by atoms with Gasteiger partial charge in [0.25, 0.3) is 11.1 Å². The Morgan fingerprint density at radius 2 is 1.96 bits per heavy atom. The van der Waals surface area contributed by atoms with Crippen LogP contribution in [0.1, 0.15) is 4.88 Å². The van der Waals surface area contributed by atoms with Crippen molar-refractivity contribution in [2.24, 2.45) is 0 Å². The van der Waals surface area contributed by atoms with Gasteiger partial charge in [-0.2, -0.15) is 0 Å². The summed E-state index contributed by atoms with van der Waals surface area (Å²) in [6, 6.07) is 11.6. The molecule has 0 bridgehead atoms. The Kier molecular flexibility index (Phi) is 6.24. The van der Waals surface area contributed by atoms with Gasteiger partial charge >= 0.3 is 0 Å². The summed E-state index contributed by atoms with van der Waals surface area (Å²) in [4.78, 5) is 27.9. The number of hydrogen-bond acceptors (Lipinski definition) is 6. The third-order valence-corrected chi connectivity index (χ3v) is 6.63. The Labute approximate surface area is 163 Å². The molecule has 1 fully saturated rings. The molecule has 0 unspecified atom stereocenters.